The minimum absolute atomic E-state index is 0.235. The quantitative estimate of drug-likeness (QED) is 0.884. The molecule has 0 saturated carbocycles. The highest BCUT2D eigenvalue weighted by Crippen LogP contribution is 2.24. The van der Waals surface area contributed by atoms with Gasteiger partial charge in [0.05, 0.1) is 0 Å². The molecule has 0 bridgehead atoms. The summed E-state index contributed by atoms with van der Waals surface area (Å²) in [4.78, 5) is 19.3. The lowest BCUT2D eigenvalue weighted by Crippen LogP contribution is -2.28. The van der Waals surface area contributed by atoms with Crippen LogP contribution in [-0.4, -0.2) is 25.1 Å². The zero-order chi connectivity index (χ0) is 16.1. The fourth-order valence-electron chi connectivity index (χ4n) is 1.85. The van der Waals surface area contributed by atoms with Crippen molar-refractivity contribution in [1.29, 1.82) is 0 Å². The molecule has 2 rings (SSSR count). The number of carbonyl (C=O) groups excluding carboxylic acids is 1. The summed E-state index contributed by atoms with van der Waals surface area (Å²) >= 11 is 1.51. The van der Waals surface area contributed by atoms with Crippen LogP contribution in [0.1, 0.15) is 30.2 Å². The fourth-order valence-corrected chi connectivity index (χ4v) is 2.66. The monoisotopic (exact) mass is 318 g/mol. The Morgan fingerprint density at radius 2 is 1.95 bits per heavy atom. The summed E-state index contributed by atoms with van der Waals surface area (Å²) in [5, 5.41) is 6.23. The van der Waals surface area contributed by atoms with E-state index < -0.39 is 0 Å². The Bertz CT molecular complexity index is 619. The first kappa shape index (κ1) is 16.3. The van der Waals surface area contributed by atoms with Gasteiger partial charge in [0.25, 0.3) is 0 Å². The second-order valence-electron chi connectivity index (χ2n) is 5.59. The summed E-state index contributed by atoms with van der Waals surface area (Å²) < 4.78 is 0. The molecule has 0 aliphatic carbocycles. The zero-order valence-corrected chi connectivity index (χ0v) is 14.2. The lowest BCUT2D eigenvalue weighted by molar-refractivity contribution is 0.251. The summed E-state index contributed by atoms with van der Waals surface area (Å²) in [5.74, 6) is 0.423. The van der Waals surface area contributed by atoms with E-state index in [4.69, 9.17) is 0 Å². The van der Waals surface area contributed by atoms with Crippen LogP contribution in [0.2, 0.25) is 0 Å². The lowest BCUT2D eigenvalue weighted by Gasteiger charge is -2.12. The van der Waals surface area contributed by atoms with Crippen molar-refractivity contribution < 1.29 is 4.79 Å². The van der Waals surface area contributed by atoms with Crippen LogP contribution in [0.4, 0.5) is 15.6 Å². The number of anilines is 2. The number of hydrogen-bond acceptors (Lipinski definition) is 4. The molecule has 5 nitrogen and oxygen atoms in total. The highest BCUT2D eigenvalue weighted by atomic mass is 32.1. The summed E-state index contributed by atoms with van der Waals surface area (Å²) in [6, 6.07) is 7.85. The van der Waals surface area contributed by atoms with Crippen molar-refractivity contribution in [2.75, 3.05) is 24.3 Å². The van der Waals surface area contributed by atoms with E-state index in [0.29, 0.717) is 17.6 Å². The minimum Gasteiger partial charge on any atom is -0.378 e. The van der Waals surface area contributed by atoms with Crippen LogP contribution in [0.15, 0.2) is 30.5 Å². The molecule has 2 N–H and O–H groups in total. The molecule has 0 atom stereocenters. The number of hydrogen-bond donors (Lipinski definition) is 2. The topological polar surface area (TPSA) is 57.3 Å². The molecule has 0 unspecified atom stereocenters. The maximum absolute atomic E-state index is 11.9. The van der Waals surface area contributed by atoms with Gasteiger partial charge < -0.3 is 10.2 Å². The van der Waals surface area contributed by atoms with Crippen molar-refractivity contribution in [2.45, 2.75) is 26.3 Å². The Morgan fingerprint density at radius 3 is 2.50 bits per heavy atom. The molecular weight excluding hydrogens is 296 g/mol. The number of nitrogens with one attached hydrogen (secondary N) is 2. The van der Waals surface area contributed by atoms with Crippen LogP contribution in [0.5, 0.6) is 0 Å². The standard InChI is InChI=1S/C16H22N4OS/c1-11(2)14-10-18-16(22-14)19-15(21)17-9-12-5-7-13(8-6-12)20(3)4/h5-8,10-11H,9H2,1-4H3,(H2,17,18,19,21). The van der Waals surface area contributed by atoms with Gasteiger partial charge in [0.2, 0.25) is 0 Å². The van der Waals surface area contributed by atoms with Gasteiger partial charge in [-0.15, -0.1) is 11.3 Å². The molecule has 0 radical (unpaired) electrons. The smallest absolute Gasteiger partial charge is 0.321 e. The first-order valence-corrected chi connectivity index (χ1v) is 8.04. The molecule has 2 aromatic rings. The summed E-state index contributed by atoms with van der Waals surface area (Å²) in [7, 11) is 4.00. The number of carbonyl (C=O) groups is 1. The number of benzene rings is 1. The third kappa shape index (κ3) is 4.46. The number of amides is 2. The highest BCUT2D eigenvalue weighted by Gasteiger charge is 2.08. The molecule has 0 aliphatic rings. The molecule has 0 fully saturated rings. The van der Waals surface area contributed by atoms with E-state index in [1.807, 2.05) is 49.5 Å². The van der Waals surface area contributed by atoms with Crippen molar-refractivity contribution in [3.05, 3.63) is 40.9 Å². The maximum Gasteiger partial charge on any atom is 0.321 e. The predicted molar refractivity (Wildman–Crippen MR) is 92.8 cm³/mol. The number of urea groups is 1. The van der Waals surface area contributed by atoms with Gasteiger partial charge in [0.15, 0.2) is 5.13 Å². The largest absolute Gasteiger partial charge is 0.378 e. The van der Waals surface area contributed by atoms with Gasteiger partial charge in [0, 0.05) is 37.4 Å². The average molecular weight is 318 g/mol. The second-order valence-corrected chi connectivity index (χ2v) is 6.65. The third-order valence-electron chi connectivity index (χ3n) is 3.22. The highest BCUT2D eigenvalue weighted by molar-refractivity contribution is 7.15. The number of nitrogens with zero attached hydrogens (tertiary/aromatic N) is 2. The molecule has 1 aromatic carbocycles. The summed E-state index contributed by atoms with van der Waals surface area (Å²) in [6.45, 7) is 4.70. The Morgan fingerprint density at radius 1 is 1.27 bits per heavy atom. The first-order chi connectivity index (χ1) is 10.5. The minimum atomic E-state index is -0.235. The molecule has 1 aromatic heterocycles. The van der Waals surface area contributed by atoms with E-state index in [-0.39, 0.29) is 6.03 Å². The Labute approximate surface area is 135 Å². The van der Waals surface area contributed by atoms with Crippen LogP contribution in [0.25, 0.3) is 0 Å². The SMILES string of the molecule is CC(C)c1cnc(NC(=O)NCc2ccc(N(C)C)cc2)s1. The van der Waals surface area contributed by atoms with Crippen LogP contribution in [0.3, 0.4) is 0 Å². The molecule has 0 spiro atoms. The number of aromatic nitrogens is 1. The van der Waals surface area contributed by atoms with Crippen LogP contribution < -0.4 is 15.5 Å². The van der Waals surface area contributed by atoms with Crippen LogP contribution in [0, 0.1) is 0 Å². The number of rotatable bonds is 5. The van der Waals surface area contributed by atoms with E-state index in [1.54, 1.807) is 0 Å². The van der Waals surface area contributed by atoms with E-state index in [9.17, 15) is 4.79 Å². The van der Waals surface area contributed by atoms with Gasteiger partial charge in [-0.3, -0.25) is 5.32 Å². The number of thiazole rings is 1. The van der Waals surface area contributed by atoms with Crippen LogP contribution >= 0.6 is 11.3 Å². The lowest BCUT2D eigenvalue weighted by atomic mass is 10.2. The fraction of sp³-hybridized carbons (Fsp3) is 0.375. The molecule has 6 heteroatoms. The van der Waals surface area contributed by atoms with Crippen molar-refractivity contribution in [2.24, 2.45) is 0 Å². The van der Waals surface area contributed by atoms with E-state index in [0.717, 1.165) is 16.1 Å². The molecule has 0 aliphatic heterocycles. The van der Waals surface area contributed by atoms with Gasteiger partial charge >= 0.3 is 6.03 Å². The van der Waals surface area contributed by atoms with E-state index in [2.05, 4.69) is 29.5 Å². The van der Waals surface area contributed by atoms with Crippen molar-refractivity contribution in [1.82, 2.24) is 10.3 Å². The van der Waals surface area contributed by atoms with E-state index >= 15 is 0 Å². The van der Waals surface area contributed by atoms with Crippen molar-refractivity contribution in [3.63, 3.8) is 0 Å². The molecule has 0 saturated heterocycles. The van der Waals surface area contributed by atoms with Gasteiger partial charge in [0.1, 0.15) is 0 Å². The molecular formula is C16H22N4OS. The summed E-state index contributed by atoms with van der Waals surface area (Å²) in [6.07, 6.45) is 1.81. The maximum atomic E-state index is 11.9. The van der Waals surface area contributed by atoms with Gasteiger partial charge in [-0.05, 0) is 23.6 Å². The Balaban J connectivity index is 1.84. The molecule has 1 heterocycles. The van der Waals surface area contributed by atoms with Gasteiger partial charge in [-0.1, -0.05) is 26.0 Å². The summed E-state index contributed by atoms with van der Waals surface area (Å²) in [5.41, 5.74) is 2.19. The van der Waals surface area contributed by atoms with E-state index in [1.165, 1.54) is 11.3 Å². The molecule has 22 heavy (non-hydrogen) atoms. The average Bonchev–Trinajstić information content (AvgIpc) is 2.94. The van der Waals surface area contributed by atoms with Crippen molar-refractivity contribution >= 4 is 28.2 Å². The Hall–Kier alpha value is -2.08. The van der Waals surface area contributed by atoms with Gasteiger partial charge in [-0.25, -0.2) is 9.78 Å². The van der Waals surface area contributed by atoms with Crippen LogP contribution in [-0.2, 0) is 6.54 Å². The zero-order valence-electron chi connectivity index (χ0n) is 13.4. The third-order valence-corrected chi connectivity index (χ3v) is 4.43. The second kappa shape index (κ2) is 7.26. The predicted octanol–water partition coefficient (Wildman–Crippen LogP) is 3.65. The van der Waals surface area contributed by atoms with Crippen molar-refractivity contribution in [3.8, 4) is 0 Å². The Kier molecular flexibility index (Phi) is 5.38. The first-order valence-electron chi connectivity index (χ1n) is 7.22. The normalized spacial score (nSPS) is 10.6. The molecule has 2 amide bonds. The van der Waals surface area contributed by atoms with Gasteiger partial charge in [-0.2, -0.15) is 0 Å². The molecule has 118 valence electrons.